The first kappa shape index (κ1) is 11.1. The van der Waals surface area contributed by atoms with Crippen molar-refractivity contribution in [2.45, 2.75) is 25.4 Å². The number of nitrogens with one attached hydrogen (secondary N) is 1. The van der Waals surface area contributed by atoms with Crippen LogP contribution in [0.5, 0.6) is 0 Å². The van der Waals surface area contributed by atoms with Gasteiger partial charge in [-0.2, -0.15) is 0 Å². The summed E-state index contributed by atoms with van der Waals surface area (Å²) in [7, 11) is 0. The largest absolute Gasteiger partial charge is 0.308 e. The molecule has 0 aliphatic heterocycles. The number of nitrogens with zero attached hydrogens (tertiary/aromatic N) is 4. The number of aromatic nitrogens is 4. The van der Waals surface area contributed by atoms with Gasteiger partial charge >= 0.3 is 0 Å². The van der Waals surface area contributed by atoms with Crippen LogP contribution >= 0.6 is 11.3 Å². The fraction of sp³-hybridized carbons (Fsp3) is 0.308. The first-order valence-electron chi connectivity index (χ1n) is 6.37. The molecule has 2 aromatic heterocycles. The average Bonchev–Trinajstić information content (AvgIpc) is 2.97. The van der Waals surface area contributed by atoms with Crippen molar-refractivity contribution in [3.05, 3.63) is 35.6 Å². The number of hydrogen-bond donors (Lipinski definition) is 1. The van der Waals surface area contributed by atoms with Crippen LogP contribution in [-0.2, 0) is 6.54 Å². The molecule has 3 aromatic rings. The Morgan fingerprint density at radius 2 is 2.32 bits per heavy atom. The van der Waals surface area contributed by atoms with Crippen molar-refractivity contribution in [3.8, 4) is 5.69 Å². The predicted molar refractivity (Wildman–Crippen MR) is 74.4 cm³/mol. The van der Waals surface area contributed by atoms with Gasteiger partial charge in [0.25, 0.3) is 0 Å². The zero-order valence-electron chi connectivity index (χ0n) is 10.3. The third-order valence-corrected chi connectivity index (χ3v) is 4.12. The quantitative estimate of drug-likeness (QED) is 0.790. The van der Waals surface area contributed by atoms with Crippen LogP contribution in [0.1, 0.15) is 18.5 Å². The molecule has 0 saturated heterocycles. The lowest BCUT2D eigenvalue weighted by Crippen LogP contribution is -2.18. The fourth-order valence-electron chi connectivity index (χ4n) is 2.11. The molecule has 0 unspecified atom stereocenters. The Kier molecular flexibility index (Phi) is 2.56. The molecule has 2 heterocycles. The monoisotopic (exact) mass is 271 g/mol. The number of hydrogen-bond acceptors (Lipinski definition) is 5. The minimum atomic E-state index is 0.687. The van der Waals surface area contributed by atoms with E-state index in [-0.39, 0.29) is 0 Å². The van der Waals surface area contributed by atoms with Gasteiger partial charge in [0, 0.05) is 12.6 Å². The van der Waals surface area contributed by atoms with Crippen LogP contribution in [-0.4, -0.2) is 26.0 Å². The van der Waals surface area contributed by atoms with Crippen molar-refractivity contribution in [3.63, 3.8) is 0 Å². The first-order valence-corrected chi connectivity index (χ1v) is 7.25. The van der Waals surface area contributed by atoms with Gasteiger partial charge in [0.15, 0.2) is 0 Å². The maximum atomic E-state index is 4.29. The van der Waals surface area contributed by atoms with Crippen molar-refractivity contribution in [1.82, 2.24) is 25.3 Å². The second-order valence-corrected chi connectivity index (χ2v) is 5.68. The molecule has 1 aliphatic rings. The summed E-state index contributed by atoms with van der Waals surface area (Å²) in [6.07, 6.45) is 4.40. The Morgan fingerprint density at radius 1 is 1.37 bits per heavy atom. The van der Waals surface area contributed by atoms with Crippen LogP contribution in [0.4, 0.5) is 0 Å². The van der Waals surface area contributed by atoms with E-state index in [2.05, 4.69) is 26.7 Å². The van der Waals surface area contributed by atoms with Gasteiger partial charge in [-0.1, -0.05) is 5.21 Å². The maximum Gasteiger partial charge on any atom is 0.0813 e. The van der Waals surface area contributed by atoms with Gasteiger partial charge in [0.05, 0.1) is 33.3 Å². The van der Waals surface area contributed by atoms with Crippen LogP contribution in [0, 0.1) is 0 Å². The van der Waals surface area contributed by atoms with Crippen molar-refractivity contribution < 1.29 is 0 Å². The summed E-state index contributed by atoms with van der Waals surface area (Å²) in [5, 5.41) is 11.7. The van der Waals surface area contributed by atoms with E-state index in [1.54, 1.807) is 11.3 Å². The van der Waals surface area contributed by atoms with Crippen LogP contribution in [0.15, 0.2) is 29.9 Å². The summed E-state index contributed by atoms with van der Waals surface area (Å²) >= 11 is 1.64. The van der Waals surface area contributed by atoms with Crippen LogP contribution in [0.3, 0.4) is 0 Å². The van der Waals surface area contributed by atoms with E-state index in [1.165, 1.54) is 17.5 Å². The summed E-state index contributed by atoms with van der Waals surface area (Å²) in [5.74, 6) is 0. The third kappa shape index (κ3) is 2.13. The van der Waals surface area contributed by atoms with Crippen molar-refractivity contribution in [2.24, 2.45) is 0 Å². The molecule has 1 aromatic carbocycles. The minimum Gasteiger partial charge on any atom is -0.308 e. The van der Waals surface area contributed by atoms with E-state index in [9.17, 15) is 0 Å². The van der Waals surface area contributed by atoms with Gasteiger partial charge in [-0.25, -0.2) is 9.67 Å². The Balaban J connectivity index is 1.67. The predicted octanol–water partition coefficient (Wildman–Crippen LogP) is 2.13. The van der Waals surface area contributed by atoms with E-state index in [1.807, 2.05) is 28.5 Å². The topological polar surface area (TPSA) is 55.6 Å². The molecule has 6 heteroatoms. The molecule has 0 bridgehead atoms. The molecule has 1 saturated carbocycles. The highest BCUT2D eigenvalue weighted by Gasteiger charge is 2.21. The summed E-state index contributed by atoms with van der Waals surface area (Å²) in [4.78, 5) is 4.29. The van der Waals surface area contributed by atoms with E-state index < -0.39 is 0 Å². The van der Waals surface area contributed by atoms with E-state index in [0.717, 1.165) is 23.4 Å². The lowest BCUT2D eigenvalue weighted by atomic mass is 10.3. The molecule has 1 N–H and O–H groups in total. The first-order chi connectivity index (χ1) is 9.40. The molecule has 19 heavy (non-hydrogen) atoms. The molecule has 0 amide bonds. The summed E-state index contributed by atoms with van der Waals surface area (Å²) in [6, 6.07) is 6.87. The molecule has 0 radical (unpaired) electrons. The van der Waals surface area contributed by atoms with Gasteiger partial charge in [-0.3, -0.25) is 0 Å². The summed E-state index contributed by atoms with van der Waals surface area (Å²) < 4.78 is 3.07. The normalized spacial score (nSPS) is 15.2. The zero-order valence-corrected chi connectivity index (χ0v) is 11.1. The Hall–Kier alpha value is -1.79. The molecule has 0 atom stereocenters. The Labute approximate surface area is 114 Å². The molecule has 96 valence electrons. The highest BCUT2D eigenvalue weighted by atomic mass is 32.1. The molecular formula is C13H13N5S. The van der Waals surface area contributed by atoms with E-state index >= 15 is 0 Å². The van der Waals surface area contributed by atoms with E-state index in [0.29, 0.717) is 6.04 Å². The highest BCUT2D eigenvalue weighted by molar-refractivity contribution is 7.16. The van der Waals surface area contributed by atoms with Crippen LogP contribution < -0.4 is 5.32 Å². The SMILES string of the molecule is c1nc2ccc(-n3nncc3CNC3CC3)cc2s1. The number of thiazole rings is 1. The van der Waals surface area contributed by atoms with E-state index in [4.69, 9.17) is 0 Å². The second kappa shape index (κ2) is 4.40. The number of benzene rings is 1. The van der Waals surface area contributed by atoms with Crippen molar-refractivity contribution in [1.29, 1.82) is 0 Å². The second-order valence-electron chi connectivity index (χ2n) is 4.80. The molecule has 4 rings (SSSR count). The van der Waals surface area contributed by atoms with Gasteiger partial charge in [-0.05, 0) is 31.0 Å². The van der Waals surface area contributed by atoms with Gasteiger partial charge in [-0.15, -0.1) is 16.4 Å². The Bertz CT molecular complexity index is 712. The smallest absolute Gasteiger partial charge is 0.0813 e. The Morgan fingerprint density at radius 3 is 3.21 bits per heavy atom. The maximum absolute atomic E-state index is 4.29. The highest BCUT2D eigenvalue weighted by Crippen LogP contribution is 2.22. The van der Waals surface area contributed by atoms with Crippen molar-refractivity contribution in [2.75, 3.05) is 0 Å². The van der Waals surface area contributed by atoms with Crippen molar-refractivity contribution >= 4 is 21.6 Å². The molecule has 0 spiro atoms. The molecule has 1 fully saturated rings. The summed E-state index contributed by atoms with van der Waals surface area (Å²) in [5.41, 5.74) is 5.04. The van der Waals surface area contributed by atoms with Gasteiger partial charge in [0.2, 0.25) is 0 Å². The molecule has 1 aliphatic carbocycles. The minimum absolute atomic E-state index is 0.687. The lowest BCUT2D eigenvalue weighted by Gasteiger charge is -2.06. The number of rotatable bonds is 4. The van der Waals surface area contributed by atoms with Gasteiger partial charge < -0.3 is 5.32 Å². The van der Waals surface area contributed by atoms with Crippen LogP contribution in [0.2, 0.25) is 0 Å². The summed E-state index contributed by atoms with van der Waals surface area (Å²) in [6.45, 7) is 0.818. The van der Waals surface area contributed by atoms with Gasteiger partial charge in [0.1, 0.15) is 0 Å². The molecule has 5 nitrogen and oxygen atoms in total. The van der Waals surface area contributed by atoms with Crippen LogP contribution in [0.25, 0.3) is 15.9 Å². The third-order valence-electron chi connectivity index (χ3n) is 3.33. The average molecular weight is 271 g/mol. The zero-order chi connectivity index (χ0) is 12.7. The lowest BCUT2D eigenvalue weighted by molar-refractivity contribution is 0.647. The molecular weight excluding hydrogens is 258 g/mol. The standard InChI is InChI=1S/C13H13N5S/c1-2-9(1)14-6-11-7-16-17-18(11)10-3-4-12-13(5-10)19-8-15-12/h3-5,7-9,14H,1-2,6H2. The fourth-order valence-corrected chi connectivity index (χ4v) is 2.82. The number of fused-ring (bicyclic) bond motifs is 1.